The Kier molecular flexibility index (Phi) is 5.96. The van der Waals surface area contributed by atoms with Gasteiger partial charge in [-0.3, -0.25) is 0 Å². The Balaban J connectivity index is 1.24. The largest absolute Gasteiger partial charge is 0.456 e. The van der Waals surface area contributed by atoms with Gasteiger partial charge in [-0.2, -0.15) is 0 Å². The average molecular weight is 651 g/mol. The second kappa shape index (κ2) is 10.8. The Hall–Kier alpha value is -6.84. The van der Waals surface area contributed by atoms with Crippen LogP contribution >= 0.6 is 0 Å². The van der Waals surface area contributed by atoms with Crippen molar-refractivity contribution in [3.05, 3.63) is 182 Å². The minimum Gasteiger partial charge on any atom is -0.456 e. The molecule has 9 aromatic carbocycles. The lowest BCUT2D eigenvalue weighted by Crippen LogP contribution is -2.11. The zero-order valence-electron chi connectivity index (χ0n) is 27.6. The van der Waals surface area contributed by atoms with Gasteiger partial charge in [0.25, 0.3) is 0 Å². The maximum atomic E-state index is 6.30. The first kappa shape index (κ1) is 28.0. The van der Waals surface area contributed by atoms with Gasteiger partial charge in [-0.15, -0.1) is 0 Å². The van der Waals surface area contributed by atoms with E-state index in [0.29, 0.717) is 0 Å². The maximum Gasteiger partial charge on any atom is 0.135 e. The van der Waals surface area contributed by atoms with Crippen LogP contribution in [0.3, 0.4) is 0 Å². The molecule has 0 atom stereocenters. The third kappa shape index (κ3) is 4.19. The fourth-order valence-corrected chi connectivity index (χ4v) is 8.27. The van der Waals surface area contributed by atoms with Crippen molar-refractivity contribution >= 4 is 93.1 Å². The molecule has 0 aliphatic carbocycles. The monoisotopic (exact) mass is 650 g/mol. The van der Waals surface area contributed by atoms with Gasteiger partial charge >= 0.3 is 0 Å². The van der Waals surface area contributed by atoms with Gasteiger partial charge in [-0.05, 0) is 93.0 Å². The number of nitrogens with zero attached hydrogens (tertiary/aromatic N) is 2. The summed E-state index contributed by atoms with van der Waals surface area (Å²) in [5, 5.41) is 12.2. The van der Waals surface area contributed by atoms with Gasteiger partial charge in [0, 0.05) is 38.6 Å². The standard InChI is InChI=1S/C48H30N2O/c1-2-12-34(13-3-1)50-43-18-8-6-15-39(43)41-17-10-19-44(48(41)50)49(36-26-28-46-42(30-36)40-16-7-9-20-45(40)51-46)35-25-27-38-33(29-35)24-23-32-22-21-31-11-4-5-14-37(31)47(32)38/h1-30H. The first-order valence-corrected chi connectivity index (χ1v) is 17.4. The molecule has 11 aromatic rings. The van der Waals surface area contributed by atoms with Crippen LogP contribution in [0.5, 0.6) is 0 Å². The van der Waals surface area contributed by atoms with Crippen LogP contribution in [-0.2, 0) is 0 Å². The van der Waals surface area contributed by atoms with E-state index in [1.54, 1.807) is 0 Å². The molecule has 0 unspecified atom stereocenters. The van der Waals surface area contributed by atoms with Crippen molar-refractivity contribution < 1.29 is 4.42 Å². The lowest BCUT2D eigenvalue weighted by atomic mass is 9.96. The summed E-state index contributed by atoms with van der Waals surface area (Å²) in [7, 11) is 0. The third-order valence-electron chi connectivity index (χ3n) is 10.5. The number of para-hydroxylation sites is 4. The van der Waals surface area contributed by atoms with E-state index in [1.807, 2.05) is 12.1 Å². The van der Waals surface area contributed by atoms with E-state index in [4.69, 9.17) is 4.42 Å². The number of anilines is 3. The quantitative estimate of drug-likeness (QED) is 0.177. The molecule has 0 amide bonds. The molecule has 238 valence electrons. The lowest BCUT2D eigenvalue weighted by molar-refractivity contribution is 0.669. The molecule has 2 heterocycles. The summed E-state index contributed by atoms with van der Waals surface area (Å²) in [6, 6.07) is 65.7. The van der Waals surface area contributed by atoms with E-state index in [2.05, 4.69) is 179 Å². The van der Waals surface area contributed by atoms with E-state index in [1.165, 1.54) is 48.6 Å². The Bertz CT molecular complexity index is 3150. The molecule has 0 spiro atoms. The van der Waals surface area contributed by atoms with E-state index >= 15 is 0 Å². The molecule has 0 radical (unpaired) electrons. The summed E-state index contributed by atoms with van der Waals surface area (Å²) in [4.78, 5) is 2.43. The molecule has 0 saturated heterocycles. The van der Waals surface area contributed by atoms with Crippen LogP contribution < -0.4 is 4.90 Å². The van der Waals surface area contributed by atoms with Crippen molar-refractivity contribution in [2.24, 2.45) is 0 Å². The van der Waals surface area contributed by atoms with Gasteiger partial charge in [0.1, 0.15) is 11.2 Å². The van der Waals surface area contributed by atoms with Gasteiger partial charge in [0.05, 0.1) is 16.7 Å². The number of hydrogen-bond acceptors (Lipinski definition) is 2. The molecular weight excluding hydrogens is 621 g/mol. The van der Waals surface area contributed by atoms with Crippen LogP contribution in [-0.4, -0.2) is 4.57 Å². The van der Waals surface area contributed by atoms with Crippen LogP contribution in [0.4, 0.5) is 17.1 Å². The summed E-state index contributed by atoms with van der Waals surface area (Å²) >= 11 is 0. The summed E-state index contributed by atoms with van der Waals surface area (Å²) < 4.78 is 8.71. The number of rotatable bonds is 4. The highest BCUT2D eigenvalue weighted by atomic mass is 16.3. The zero-order chi connectivity index (χ0) is 33.5. The number of aromatic nitrogens is 1. The average Bonchev–Trinajstić information content (AvgIpc) is 3.74. The summed E-state index contributed by atoms with van der Waals surface area (Å²) in [6.07, 6.45) is 0. The first-order chi connectivity index (χ1) is 25.3. The first-order valence-electron chi connectivity index (χ1n) is 17.4. The van der Waals surface area contributed by atoms with Crippen molar-refractivity contribution in [2.75, 3.05) is 4.90 Å². The molecule has 0 fully saturated rings. The van der Waals surface area contributed by atoms with Crippen LogP contribution in [0.1, 0.15) is 0 Å². The van der Waals surface area contributed by atoms with E-state index in [0.717, 1.165) is 50.2 Å². The number of hydrogen-bond donors (Lipinski definition) is 0. The van der Waals surface area contributed by atoms with Crippen molar-refractivity contribution in [3.63, 3.8) is 0 Å². The molecule has 2 aromatic heterocycles. The highest BCUT2D eigenvalue weighted by Crippen LogP contribution is 2.45. The van der Waals surface area contributed by atoms with Gasteiger partial charge in [-0.1, -0.05) is 121 Å². The van der Waals surface area contributed by atoms with E-state index < -0.39 is 0 Å². The van der Waals surface area contributed by atoms with Crippen LogP contribution in [0.15, 0.2) is 186 Å². The van der Waals surface area contributed by atoms with E-state index in [-0.39, 0.29) is 0 Å². The van der Waals surface area contributed by atoms with Gasteiger partial charge in [-0.25, -0.2) is 0 Å². The Morgan fingerprint density at radius 2 is 1.04 bits per heavy atom. The Labute approximate surface area is 293 Å². The van der Waals surface area contributed by atoms with Crippen molar-refractivity contribution in [2.45, 2.75) is 0 Å². The fourth-order valence-electron chi connectivity index (χ4n) is 8.27. The molecular formula is C48H30N2O. The number of fused-ring (bicyclic) bond motifs is 11. The van der Waals surface area contributed by atoms with Crippen molar-refractivity contribution in [1.29, 1.82) is 0 Å². The summed E-state index contributed by atoms with van der Waals surface area (Å²) in [5.74, 6) is 0. The SMILES string of the molecule is c1ccc(-n2c3ccccc3c3cccc(N(c4ccc5c(ccc6ccc7ccccc7c65)c4)c4ccc5oc6ccccc6c5c4)c32)cc1. The van der Waals surface area contributed by atoms with Crippen LogP contribution in [0.25, 0.3) is 81.7 Å². The highest BCUT2D eigenvalue weighted by molar-refractivity contribution is 6.21. The number of benzene rings is 9. The van der Waals surface area contributed by atoms with Crippen molar-refractivity contribution in [1.82, 2.24) is 4.57 Å². The minimum absolute atomic E-state index is 0.883. The molecule has 0 saturated carbocycles. The van der Waals surface area contributed by atoms with Gasteiger partial charge < -0.3 is 13.9 Å². The molecule has 0 N–H and O–H groups in total. The molecule has 3 nitrogen and oxygen atoms in total. The van der Waals surface area contributed by atoms with Crippen molar-refractivity contribution in [3.8, 4) is 5.69 Å². The second-order valence-electron chi connectivity index (χ2n) is 13.3. The predicted octanol–water partition coefficient (Wildman–Crippen LogP) is 13.6. The topological polar surface area (TPSA) is 21.3 Å². The predicted molar refractivity (Wildman–Crippen MR) is 215 cm³/mol. The number of furan rings is 1. The lowest BCUT2D eigenvalue weighted by Gasteiger charge is -2.27. The van der Waals surface area contributed by atoms with E-state index in [9.17, 15) is 0 Å². The highest BCUT2D eigenvalue weighted by Gasteiger charge is 2.22. The zero-order valence-corrected chi connectivity index (χ0v) is 27.6. The van der Waals surface area contributed by atoms with Gasteiger partial charge in [0.2, 0.25) is 0 Å². The summed E-state index contributed by atoms with van der Waals surface area (Å²) in [6.45, 7) is 0. The maximum absolute atomic E-state index is 6.30. The molecule has 3 heteroatoms. The van der Waals surface area contributed by atoms with Crippen LogP contribution in [0.2, 0.25) is 0 Å². The smallest absolute Gasteiger partial charge is 0.135 e. The molecule has 0 bridgehead atoms. The second-order valence-corrected chi connectivity index (χ2v) is 13.3. The molecule has 0 aliphatic heterocycles. The van der Waals surface area contributed by atoms with Gasteiger partial charge in [0.15, 0.2) is 0 Å². The Morgan fingerprint density at radius 1 is 0.392 bits per heavy atom. The fraction of sp³-hybridized carbons (Fsp3) is 0. The third-order valence-corrected chi connectivity index (χ3v) is 10.5. The molecule has 51 heavy (non-hydrogen) atoms. The normalized spacial score (nSPS) is 11.9. The Morgan fingerprint density at radius 3 is 1.94 bits per heavy atom. The summed E-state index contributed by atoms with van der Waals surface area (Å²) in [5.41, 5.74) is 8.50. The molecule has 0 aliphatic rings. The minimum atomic E-state index is 0.883. The van der Waals surface area contributed by atoms with Crippen LogP contribution in [0, 0.1) is 0 Å². The molecule has 11 rings (SSSR count).